The molecular formula is C16H21NO3. The predicted octanol–water partition coefficient (Wildman–Crippen LogP) is 2.71. The van der Waals surface area contributed by atoms with Crippen LogP contribution in [-0.4, -0.2) is 36.9 Å². The van der Waals surface area contributed by atoms with Gasteiger partial charge in [-0.1, -0.05) is 0 Å². The summed E-state index contributed by atoms with van der Waals surface area (Å²) in [6.45, 7) is 2.97. The number of fused-ring (bicyclic) bond motifs is 1. The van der Waals surface area contributed by atoms with E-state index in [9.17, 15) is 4.79 Å². The first kappa shape index (κ1) is 13.4. The Balaban J connectivity index is 1.70. The first-order valence-corrected chi connectivity index (χ1v) is 7.47. The fourth-order valence-corrected chi connectivity index (χ4v) is 3.21. The SMILES string of the molecule is O=C(O)c1ccc2c(c1)CCCN2CCC1CCCO1. The predicted molar refractivity (Wildman–Crippen MR) is 77.5 cm³/mol. The van der Waals surface area contributed by atoms with Gasteiger partial charge in [-0.05, 0) is 55.9 Å². The van der Waals surface area contributed by atoms with Crippen LogP contribution in [0.25, 0.3) is 0 Å². The number of hydrogen-bond donors (Lipinski definition) is 1. The molecule has 4 heteroatoms. The molecule has 3 rings (SSSR count). The van der Waals surface area contributed by atoms with Crippen LogP contribution in [0.15, 0.2) is 18.2 Å². The lowest BCUT2D eigenvalue weighted by Gasteiger charge is -2.32. The van der Waals surface area contributed by atoms with Crippen molar-refractivity contribution in [2.45, 2.75) is 38.2 Å². The maximum Gasteiger partial charge on any atom is 0.335 e. The average Bonchev–Trinajstić information content (AvgIpc) is 2.97. The quantitative estimate of drug-likeness (QED) is 0.918. The minimum atomic E-state index is -0.843. The Morgan fingerprint density at radius 2 is 2.30 bits per heavy atom. The Labute approximate surface area is 119 Å². The molecule has 4 nitrogen and oxygen atoms in total. The largest absolute Gasteiger partial charge is 0.478 e. The van der Waals surface area contributed by atoms with Crippen molar-refractivity contribution in [3.63, 3.8) is 0 Å². The summed E-state index contributed by atoms with van der Waals surface area (Å²) >= 11 is 0. The Morgan fingerprint density at radius 3 is 3.05 bits per heavy atom. The fourth-order valence-electron chi connectivity index (χ4n) is 3.21. The zero-order valence-corrected chi connectivity index (χ0v) is 11.7. The van der Waals surface area contributed by atoms with Gasteiger partial charge in [0.25, 0.3) is 0 Å². The number of rotatable bonds is 4. The van der Waals surface area contributed by atoms with Gasteiger partial charge in [0.05, 0.1) is 11.7 Å². The number of nitrogens with zero attached hydrogens (tertiary/aromatic N) is 1. The number of hydrogen-bond acceptors (Lipinski definition) is 3. The van der Waals surface area contributed by atoms with Crippen LogP contribution >= 0.6 is 0 Å². The highest BCUT2D eigenvalue weighted by Crippen LogP contribution is 2.29. The smallest absolute Gasteiger partial charge is 0.335 e. The molecule has 1 aromatic rings. The zero-order chi connectivity index (χ0) is 13.9. The van der Waals surface area contributed by atoms with E-state index in [-0.39, 0.29) is 0 Å². The first-order valence-electron chi connectivity index (χ1n) is 7.47. The van der Waals surface area contributed by atoms with E-state index in [2.05, 4.69) is 4.90 Å². The third-order valence-electron chi connectivity index (χ3n) is 4.29. The van der Waals surface area contributed by atoms with Crippen molar-refractivity contribution in [1.29, 1.82) is 0 Å². The molecule has 1 atom stereocenters. The number of anilines is 1. The second kappa shape index (κ2) is 5.83. The van der Waals surface area contributed by atoms with Crippen LogP contribution in [0.1, 0.15) is 41.6 Å². The van der Waals surface area contributed by atoms with Gasteiger partial charge in [-0.2, -0.15) is 0 Å². The molecule has 2 heterocycles. The molecule has 0 amide bonds. The molecule has 2 aliphatic heterocycles. The fraction of sp³-hybridized carbons (Fsp3) is 0.562. The standard InChI is InChI=1S/C16H21NO3/c18-16(19)13-5-6-15-12(11-13)3-1-8-17(15)9-7-14-4-2-10-20-14/h5-6,11,14H,1-4,7-10H2,(H,18,19). The van der Waals surface area contributed by atoms with Crippen LogP contribution in [0.4, 0.5) is 5.69 Å². The highest BCUT2D eigenvalue weighted by Gasteiger charge is 2.21. The summed E-state index contributed by atoms with van der Waals surface area (Å²) in [6.07, 6.45) is 5.93. The van der Waals surface area contributed by atoms with Crippen LogP contribution in [0.2, 0.25) is 0 Å². The summed E-state index contributed by atoms with van der Waals surface area (Å²) in [4.78, 5) is 13.4. The molecule has 1 fully saturated rings. The van der Waals surface area contributed by atoms with Crippen LogP contribution in [0, 0.1) is 0 Å². The third kappa shape index (κ3) is 2.80. The number of aromatic carboxylic acids is 1. The van der Waals surface area contributed by atoms with Crippen molar-refractivity contribution in [1.82, 2.24) is 0 Å². The van der Waals surface area contributed by atoms with E-state index >= 15 is 0 Å². The molecule has 1 aromatic carbocycles. The van der Waals surface area contributed by atoms with Crippen LogP contribution in [0.3, 0.4) is 0 Å². The number of carboxylic acids is 1. The maximum absolute atomic E-state index is 11.0. The second-order valence-electron chi connectivity index (χ2n) is 5.66. The molecular weight excluding hydrogens is 254 g/mol. The number of carbonyl (C=O) groups is 1. The molecule has 0 bridgehead atoms. The summed E-state index contributed by atoms with van der Waals surface area (Å²) in [6, 6.07) is 5.51. The van der Waals surface area contributed by atoms with Crippen molar-refractivity contribution in [2.24, 2.45) is 0 Å². The molecule has 0 radical (unpaired) electrons. The molecule has 0 aromatic heterocycles. The van der Waals surface area contributed by atoms with Gasteiger partial charge in [0.2, 0.25) is 0 Å². The summed E-state index contributed by atoms with van der Waals surface area (Å²) in [7, 11) is 0. The van der Waals surface area contributed by atoms with E-state index in [4.69, 9.17) is 9.84 Å². The number of aryl methyl sites for hydroxylation is 1. The summed E-state index contributed by atoms with van der Waals surface area (Å²) in [5.74, 6) is -0.843. The topological polar surface area (TPSA) is 49.8 Å². The van der Waals surface area contributed by atoms with Gasteiger partial charge in [0.1, 0.15) is 0 Å². The van der Waals surface area contributed by atoms with Gasteiger partial charge in [-0.15, -0.1) is 0 Å². The van der Waals surface area contributed by atoms with E-state index in [1.165, 1.54) is 24.1 Å². The van der Waals surface area contributed by atoms with Gasteiger partial charge in [0.15, 0.2) is 0 Å². The maximum atomic E-state index is 11.0. The molecule has 108 valence electrons. The van der Waals surface area contributed by atoms with Gasteiger partial charge >= 0.3 is 5.97 Å². The van der Waals surface area contributed by atoms with Crippen molar-refractivity contribution in [3.8, 4) is 0 Å². The highest BCUT2D eigenvalue weighted by molar-refractivity contribution is 5.88. The summed E-state index contributed by atoms with van der Waals surface area (Å²) in [5, 5.41) is 9.07. The molecule has 2 aliphatic rings. The third-order valence-corrected chi connectivity index (χ3v) is 4.29. The highest BCUT2D eigenvalue weighted by atomic mass is 16.5. The Hall–Kier alpha value is -1.55. The van der Waals surface area contributed by atoms with Gasteiger partial charge in [0, 0.05) is 25.4 Å². The minimum absolute atomic E-state index is 0.393. The lowest BCUT2D eigenvalue weighted by atomic mass is 9.98. The monoisotopic (exact) mass is 275 g/mol. The van der Waals surface area contributed by atoms with E-state index in [1.807, 2.05) is 12.1 Å². The van der Waals surface area contributed by atoms with Gasteiger partial charge in [-0.25, -0.2) is 4.79 Å². The van der Waals surface area contributed by atoms with E-state index in [1.54, 1.807) is 6.07 Å². The number of carboxylic acid groups (broad SMARTS) is 1. The van der Waals surface area contributed by atoms with Crippen molar-refractivity contribution >= 4 is 11.7 Å². The van der Waals surface area contributed by atoms with E-state index < -0.39 is 5.97 Å². The Kier molecular flexibility index (Phi) is 3.92. The number of benzene rings is 1. The van der Waals surface area contributed by atoms with Crippen LogP contribution in [0.5, 0.6) is 0 Å². The zero-order valence-electron chi connectivity index (χ0n) is 11.7. The molecule has 1 N–H and O–H groups in total. The first-order chi connectivity index (χ1) is 9.74. The van der Waals surface area contributed by atoms with Gasteiger partial charge < -0.3 is 14.7 Å². The molecule has 0 saturated carbocycles. The van der Waals surface area contributed by atoms with E-state index in [0.29, 0.717) is 11.7 Å². The Bertz CT molecular complexity index is 494. The minimum Gasteiger partial charge on any atom is -0.478 e. The molecule has 1 unspecified atom stereocenters. The number of ether oxygens (including phenoxy) is 1. The van der Waals surface area contributed by atoms with Crippen LogP contribution < -0.4 is 4.90 Å². The van der Waals surface area contributed by atoms with E-state index in [0.717, 1.165) is 39.0 Å². The van der Waals surface area contributed by atoms with Crippen molar-refractivity contribution < 1.29 is 14.6 Å². The molecule has 0 spiro atoms. The lowest BCUT2D eigenvalue weighted by molar-refractivity contribution is 0.0696. The molecule has 0 aliphatic carbocycles. The van der Waals surface area contributed by atoms with Crippen LogP contribution in [-0.2, 0) is 11.2 Å². The lowest BCUT2D eigenvalue weighted by Crippen LogP contribution is -2.32. The second-order valence-corrected chi connectivity index (χ2v) is 5.66. The normalized spacial score (nSPS) is 21.8. The average molecular weight is 275 g/mol. The summed E-state index contributed by atoms with van der Waals surface area (Å²) < 4.78 is 5.68. The van der Waals surface area contributed by atoms with Crippen molar-refractivity contribution in [2.75, 3.05) is 24.6 Å². The molecule has 20 heavy (non-hydrogen) atoms. The molecule has 1 saturated heterocycles. The summed E-state index contributed by atoms with van der Waals surface area (Å²) in [5.41, 5.74) is 2.77. The Morgan fingerprint density at radius 1 is 1.40 bits per heavy atom. The van der Waals surface area contributed by atoms with Gasteiger partial charge in [-0.3, -0.25) is 0 Å². The van der Waals surface area contributed by atoms with Crippen molar-refractivity contribution in [3.05, 3.63) is 29.3 Å².